The summed E-state index contributed by atoms with van der Waals surface area (Å²) >= 11 is 0. The van der Waals surface area contributed by atoms with Crippen LogP contribution in [-0.2, 0) is 22.4 Å². The van der Waals surface area contributed by atoms with Crippen molar-refractivity contribution in [3.05, 3.63) is 101 Å². The zero-order chi connectivity index (χ0) is 35.8. The van der Waals surface area contributed by atoms with Crippen molar-refractivity contribution in [2.45, 2.75) is 0 Å². The molecule has 0 saturated carbocycles. The molecule has 0 spiro atoms. The van der Waals surface area contributed by atoms with E-state index in [1.54, 1.807) is 0 Å². The van der Waals surface area contributed by atoms with Crippen molar-refractivity contribution >= 4 is 0 Å². The Hall–Kier alpha value is -7.26. The van der Waals surface area contributed by atoms with Crippen LogP contribution < -0.4 is 0 Å². The Morgan fingerprint density at radius 2 is 0.220 bits per heavy atom. The molecule has 0 fully saturated rings. The molecule has 1 radical (unpaired) electrons. The quantitative estimate of drug-likeness (QED) is 0.0655. The molecule has 41 heteroatoms. The SMILES string of the molecule is O=[N+]([O-])O.O=[N+]([O-])O.O=[N+]([O-])O.O=[N+]([O-])O.O=[N+]([O-])O.O=[N+]([O-])O.O=[N+]([O-])O.O=[N+]([O-])O.O=[N+]([O-])O.O=[N+]([O-])O.[Ag]. The molecule has 0 atom stereocenters. The van der Waals surface area contributed by atoms with E-state index in [0.29, 0.717) is 0 Å². The summed E-state index contributed by atoms with van der Waals surface area (Å²) in [5, 5.41) is 136. The van der Waals surface area contributed by atoms with Gasteiger partial charge in [0.05, 0.1) is 0 Å². The number of hydrogen-bond donors (Lipinski definition) is 10. The second-order valence-electron chi connectivity index (χ2n) is 2.38. The van der Waals surface area contributed by atoms with Crippen molar-refractivity contribution in [1.29, 1.82) is 0 Å². The smallest absolute Gasteiger partial charge is 0.291 e. The van der Waals surface area contributed by atoms with Gasteiger partial charge in [0.25, 0.3) is 50.9 Å². The van der Waals surface area contributed by atoms with E-state index in [1.807, 2.05) is 0 Å². The van der Waals surface area contributed by atoms with Crippen LogP contribution in [0.1, 0.15) is 0 Å². The summed E-state index contributed by atoms with van der Waals surface area (Å²) in [5.74, 6) is 0. The van der Waals surface area contributed by atoms with Gasteiger partial charge in [0.15, 0.2) is 0 Å². The Balaban J connectivity index is -0.0000000270. The normalized spacial score (nSPS) is 5.85. The van der Waals surface area contributed by atoms with Crippen LogP contribution in [0, 0.1) is 101 Å². The summed E-state index contributed by atoms with van der Waals surface area (Å²) in [5.41, 5.74) is 0. The predicted molar refractivity (Wildman–Crippen MR) is 87.8 cm³/mol. The second kappa shape index (κ2) is 63.8. The molecule has 0 aliphatic heterocycles. The molecule has 251 valence electrons. The molecular weight excluding hydrogens is 728 g/mol. The van der Waals surface area contributed by atoms with Crippen molar-refractivity contribution in [2.24, 2.45) is 0 Å². The Kier molecular flexibility index (Phi) is 109. The van der Waals surface area contributed by atoms with Crippen LogP contribution >= 0.6 is 0 Å². The van der Waals surface area contributed by atoms with Crippen LogP contribution in [0.4, 0.5) is 0 Å². The van der Waals surface area contributed by atoms with Crippen molar-refractivity contribution in [2.75, 3.05) is 0 Å². The van der Waals surface area contributed by atoms with Gasteiger partial charge in [-0.2, -0.15) is 0 Å². The molecule has 0 rings (SSSR count). The van der Waals surface area contributed by atoms with Gasteiger partial charge in [-0.25, -0.2) is 0 Å². The van der Waals surface area contributed by atoms with E-state index in [2.05, 4.69) is 0 Å². The topological polar surface area (TPSA) is 634 Å². The Morgan fingerprint density at radius 1 is 0.220 bits per heavy atom. The van der Waals surface area contributed by atoms with Gasteiger partial charge >= 0.3 is 0 Å². The van der Waals surface area contributed by atoms with Crippen LogP contribution in [0.3, 0.4) is 0 Å². The molecule has 0 amide bonds. The van der Waals surface area contributed by atoms with E-state index in [0.717, 1.165) is 0 Å². The van der Waals surface area contributed by atoms with Gasteiger partial charge in [-0.05, 0) is 0 Å². The summed E-state index contributed by atoms with van der Waals surface area (Å²) in [6, 6.07) is 0. The zero-order valence-corrected chi connectivity index (χ0v) is 18.9. The predicted octanol–water partition coefficient (Wildman–Crippen LogP) is -3.48. The minimum atomic E-state index is -1.50. The molecule has 0 aromatic heterocycles. The zero-order valence-electron chi connectivity index (χ0n) is 17.4. The Bertz CT molecular complexity index is 469. The number of hydrogen-bond acceptors (Lipinski definition) is 20. The summed E-state index contributed by atoms with van der Waals surface area (Å²) in [4.78, 5) is 83.6. The second-order valence-corrected chi connectivity index (χ2v) is 2.38. The molecule has 40 nitrogen and oxygen atoms in total. The van der Waals surface area contributed by atoms with Crippen molar-refractivity contribution in [1.82, 2.24) is 0 Å². The molecule has 0 bridgehead atoms. The van der Waals surface area contributed by atoms with Gasteiger partial charge in [0.1, 0.15) is 0 Å². The molecule has 0 aromatic rings. The fourth-order valence-corrected chi connectivity index (χ4v) is 0. The van der Waals surface area contributed by atoms with E-state index in [4.69, 9.17) is 153 Å². The van der Waals surface area contributed by atoms with E-state index < -0.39 is 50.9 Å². The van der Waals surface area contributed by atoms with Crippen LogP contribution in [0.15, 0.2) is 0 Å². The average molecular weight is 738 g/mol. The van der Waals surface area contributed by atoms with Crippen LogP contribution in [0.5, 0.6) is 0 Å². The minimum absolute atomic E-state index is 0. The summed E-state index contributed by atoms with van der Waals surface area (Å²) in [6.45, 7) is 0. The summed E-state index contributed by atoms with van der Waals surface area (Å²) < 4.78 is 0. The monoisotopic (exact) mass is 737 g/mol. The fourth-order valence-electron chi connectivity index (χ4n) is 0. The van der Waals surface area contributed by atoms with Crippen molar-refractivity contribution < 1.29 is 125 Å². The largest absolute Gasteiger partial charge is 0.328 e. The Labute approximate surface area is 227 Å². The maximum absolute atomic E-state index is 8.36. The average Bonchev–Trinajstić information content (AvgIpc) is 2.47. The van der Waals surface area contributed by atoms with E-state index in [1.165, 1.54) is 0 Å². The van der Waals surface area contributed by atoms with E-state index >= 15 is 0 Å². The fraction of sp³-hybridized carbons (Fsp3) is 0. The van der Waals surface area contributed by atoms with Gasteiger partial charge in [-0.3, -0.25) is 0 Å². The van der Waals surface area contributed by atoms with E-state index in [-0.39, 0.29) is 22.4 Å². The molecule has 0 unspecified atom stereocenters. The maximum Gasteiger partial charge on any atom is 0.291 e. The minimum Gasteiger partial charge on any atom is -0.328 e. The molecular formula is H10AgN10O30. The molecule has 0 heterocycles. The van der Waals surface area contributed by atoms with Crippen LogP contribution in [0.2, 0.25) is 0 Å². The summed E-state index contributed by atoms with van der Waals surface area (Å²) in [6.07, 6.45) is 0. The first-order valence-electron chi connectivity index (χ1n) is 5.65. The van der Waals surface area contributed by atoms with Crippen molar-refractivity contribution in [3.8, 4) is 0 Å². The molecule has 0 aliphatic carbocycles. The standard InChI is InChI=1S/Ag.10HNO3/c;10*2-1(3)4/h;10*(H,2,3,4). The number of nitrogens with zero attached hydrogens (tertiary/aromatic N) is 10. The van der Waals surface area contributed by atoms with Gasteiger partial charge in [0, 0.05) is 22.4 Å². The summed E-state index contributed by atoms with van der Waals surface area (Å²) in [7, 11) is 0. The third kappa shape index (κ3) is 587. The van der Waals surface area contributed by atoms with Gasteiger partial charge in [-0.15, -0.1) is 101 Å². The van der Waals surface area contributed by atoms with Crippen molar-refractivity contribution in [3.63, 3.8) is 0 Å². The number of rotatable bonds is 0. The molecule has 10 N–H and O–H groups in total. The van der Waals surface area contributed by atoms with Crippen LogP contribution in [0.25, 0.3) is 0 Å². The van der Waals surface area contributed by atoms with Gasteiger partial charge in [-0.1, -0.05) is 0 Å². The molecule has 0 aliphatic rings. The molecule has 0 saturated heterocycles. The molecule has 0 aromatic carbocycles. The Morgan fingerprint density at radius 3 is 0.220 bits per heavy atom. The third-order valence-electron chi connectivity index (χ3n) is 0. The van der Waals surface area contributed by atoms with E-state index in [9.17, 15) is 0 Å². The van der Waals surface area contributed by atoms with Gasteiger partial charge < -0.3 is 52.1 Å². The van der Waals surface area contributed by atoms with Crippen LogP contribution in [-0.4, -0.2) is 103 Å². The first kappa shape index (κ1) is 69.9. The third-order valence-corrected chi connectivity index (χ3v) is 0. The molecule has 41 heavy (non-hydrogen) atoms. The first-order valence-corrected chi connectivity index (χ1v) is 5.65. The van der Waals surface area contributed by atoms with Gasteiger partial charge in [0.2, 0.25) is 0 Å². The maximum atomic E-state index is 8.36. The first-order chi connectivity index (χ1) is 17.3.